The second-order valence-electron chi connectivity index (χ2n) is 3.42. The maximum Gasteiger partial charge on any atom is 0.170 e. The average Bonchev–Trinajstić information content (AvgIpc) is 2.26. The zero-order valence-corrected chi connectivity index (χ0v) is 9.03. The number of rotatable bonds is 6. The third-order valence-electron chi connectivity index (χ3n) is 1.96. The largest absolute Gasteiger partial charge is 0.486 e. The molecule has 0 aliphatic heterocycles. The van der Waals surface area contributed by atoms with E-state index in [1.54, 1.807) is 0 Å². The summed E-state index contributed by atoms with van der Waals surface area (Å²) in [5.41, 5.74) is 0.193. The zero-order valence-electron chi connectivity index (χ0n) is 9.03. The van der Waals surface area contributed by atoms with Crippen molar-refractivity contribution >= 4 is 12.1 Å². The highest BCUT2D eigenvalue weighted by atomic mass is 19.1. The van der Waals surface area contributed by atoms with Gasteiger partial charge in [-0.1, -0.05) is 6.92 Å². The topological polar surface area (TPSA) is 43.4 Å². The highest BCUT2D eigenvalue weighted by Crippen LogP contribution is 2.15. The number of carbonyl (C=O) groups is 2. The van der Waals surface area contributed by atoms with Crippen LogP contribution < -0.4 is 4.74 Å². The van der Waals surface area contributed by atoms with Gasteiger partial charge in [-0.2, -0.15) is 0 Å². The van der Waals surface area contributed by atoms with Crippen molar-refractivity contribution in [3.05, 3.63) is 29.6 Å². The molecular formula is C12H13FO3. The minimum absolute atomic E-state index is 0.0422. The van der Waals surface area contributed by atoms with Crippen LogP contribution in [0.3, 0.4) is 0 Å². The third kappa shape index (κ3) is 3.81. The van der Waals surface area contributed by atoms with E-state index < -0.39 is 5.82 Å². The lowest BCUT2D eigenvalue weighted by Gasteiger charge is -2.05. The maximum absolute atomic E-state index is 13.0. The summed E-state index contributed by atoms with van der Waals surface area (Å²) in [6.07, 6.45) is 1.73. The first-order valence-electron chi connectivity index (χ1n) is 5.06. The smallest absolute Gasteiger partial charge is 0.170 e. The van der Waals surface area contributed by atoms with Crippen LogP contribution in [-0.2, 0) is 4.79 Å². The van der Waals surface area contributed by atoms with Crippen LogP contribution in [0.2, 0.25) is 0 Å². The van der Waals surface area contributed by atoms with Gasteiger partial charge in [0.05, 0.1) is 0 Å². The van der Waals surface area contributed by atoms with Crippen LogP contribution in [0.4, 0.5) is 4.39 Å². The van der Waals surface area contributed by atoms with E-state index in [0.29, 0.717) is 12.7 Å². The van der Waals surface area contributed by atoms with Crippen LogP contribution in [0.25, 0.3) is 0 Å². The third-order valence-corrected chi connectivity index (χ3v) is 1.96. The Morgan fingerprint density at radius 3 is 2.81 bits per heavy atom. The second-order valence-corrected chi connectivity index (χ2v) is 3.42. The molecule has 0 aliphatic rings. The Hall–Kier alpha value is -1.71. The summed E-state index contributed by atoms with van der Waals surface area (Å²) in [5, 5.41) is 0. The van der Waals surface area contributed by atoms with Gasteiger partial charge >= 0.3 is 0 Å². The average molecular weight is 224 g/mol. The number of halogens is 1. The van der Waals surface area contributed by atoms with Gasteiger partial charge in [0.15, 0.2) is 5.78 Å². The fraction of sp³-hybridized carbons (Fsp3) is 0.333. The van der Waals surface area contributed by atoms with E-state index >= 15 is 0 Å². The molecule has 0 amide bonds. The lowest BCUT2D eigenvalue weighted by atomic mass is 10.2. The maximum atomic E-state index is 13.0. The van der Waals surface area contributed by atoms with Crippen LogP contribution in [-0.4, -0.2) is 18.7 Å². The summed E-state index contributed by atoms with van der Waals surface area (Å²) in [5.74, 6) is -0.395. The standard InChI is InChI=1S/C12H13FO3/c1-2-3-11(15)8-16-12-5-9(7-14)4-10(13)6-12/h4-7H,2-3,8H2,1H3. The van der Waals surface area contributed by atoms with Gasteiger partial charge in [-0.3, -0.25) is 9.59 Å². The van der Waals surface area contributed by atoms with Crippen molar-refractivity contribution in [1.29, 1.82) is 0 Å². The number of benzene rings is 1. The minimum Gasteiger partial charge on any atom is -0.486 e. The highest BCUT2D eigenvalue weighted by Gasteiger charge is 2.04. The normalized spacial score (nSPS) is 9.88. The minimum atomic E-state index is -0.553. The van der Waals surface area contributed by atoms with Crippen LogP contribution in [0.5, 0.6) is 5.75 Å². The first-order valence-corrected chi connectivity index (χ1v) is 5.06. The van der Waals surface area contributed by atoms with E-state index in [1.807, 2.05) is 6.92 Å². The first kappa shape index (κ1) is 12.4. The van der Waals surface area contributed by atoms with Crippen LogP contribution in [0.15, 0.2) is 18.2 Å². The number of ketones is 1. The van der Waals surface area contributed by atoms with Crippen molar-refractivity contribution in [2.45, 2.75) is 19.8 Å². The Morgan fingerprint density at radius 2 is 2.19 bits per heavy atom. The molecule has 0 fully saturated rings. The van der Waals surface area contributed by atoms with Crippen molar-refractivity contribution in [3.8, 4) is 5.75 Å². The van der Waals surface area contributed by atoms with Gasteiger partial charge in [0.25, 0.3) is 0 Å². The SMILES string of the molecule is CCCC(=O)COc1cc(F)cc(C=O)c1. The molecule has 1 aromatic rings. The van der Waals surface area contributed by atoms with Gasteiger partial charge in [0.1, 0.15) is 24.5 Å². The molecule has 0 bridgehead atoms. The van der Waals surface area contributed by atoms with Gasteiger partial charge in [0, 0.05) is 18.1 Å². The molecule has 0 radical (unpaired) electrons. The molecule has 0 spiro atoms. The van der Waals surface area contributed by atoms with E-state index in [4.69, 9.17) is 4.74 Å². The number of aldehydes is 1. The quantitative estimate of drug-likeness (QED) is 0.697. The summed E-state index contributed by atoms with van der Waals surface area (Å²) in [7, 11) is 0. The van der Waals surface area contributed by atoms with E-state index in [-0.39, 0.29) is 23.7 Å². The monoisotopic (exact) mass is 224 g/mol. The van der Waals surface area contributed by atoms with Crippen LogP contribution in [0.1, 0.15) is 30.1 Å². The molecule has 0 N–H and O–H groups in total. The molecule has 1 rings (SSSR count). The van der Waals surface area contributed by atoms with E-state index in [0.717, 1.165) is 18.6 Å². The molecular weight excluding hydrogens is 211 g/mol. The summed E-state index contributed by atoms with van der Waals surface area (Å²) >= 11 is 0. The predicted molar refractivity (Wildman–Crippen MR) is 57.2 cm³/mol. The number of carbonyl (C=O) groups excluding carboxylic acids is 2. The fourth-order valence-electron chi connectivity index (χ4n) is 1.25. The summed E-state index contributed by atoms with van der Waals surface area (Å²) < 4.78 is 18.1. The molecule has 0 saturated heterocycles. The molecule has 0 aromatic heterocycles. The van der Waals surface area contributed by atoms with Gasteiger partial charge < -0.3 is 4.74 Å². The van der Waals surface area contributed by atoms with Crippen molar-refractivity contribution in [2.75, 3.05) is 6.61 Å². The Morgan fingerprint density at radius 1 is 1.44 bits per heavy atom. The predicted octanol–water partition coefficient (Wildman–Crippen LogP) is 2.39. The molecule has 0 atom stereocenters. The van der Waals surface area contributed by atoms with Crippen molar-refractivity contribution in [1.82, 2.24) is 0 Å². The molecule has 86 valence electrons. The zero-order chi connectivity index (χ0) is 12.0. The van der Waals surface area contributed by atoms with Gasteiger partial charge in [-0.15, -0.1) is 0 Å². The lowest BCUT2D eigenvalue weighted by Crippen LogP contribution is -2.10. The van der Waals surface area contributed by atoms with Gasteiger partial charge in [-0.05, 0) is 18.6 Å². The molecule has 0 saturated carbocycles. The molecule has 0 unspecified atom stereocenters. The molecule has 1 aromatic carbocycles. The Balaban J connectivity index is 2.63. The number of hydrogen-bond acceptors (Lipinski definition) is 3. The fourth-order valence-corrected chi connectivity index (χ4v) is 1.25. The molecule has 4 heteroatoms. The van der Waals surface area contributed by atoms with E-state index in [9.17, 15) is 14.0 Å². The van der Waals surface area contributed by atoms with Crippen molar-refractivity contribution in [3.63, 3.8) is 0 Å². The van der Waals surface area contributed by atoms with Gasteiger partial charge in [0.2, 0.25) is 0 Å². The molecule has 0 aliphatic carbocycles. The lowest BCUT2D eigenvalue weighted by molar-refractivity contribution is -0.121. The van der Waals surface area contributed by atoms with Crippen LogP contribution >= 0.6 is 0 Å². The van der Waals surface area contributed by atoms with E-state index in [2.05, 4.69) is 0 Å². The number of hydrogen-bond donors (Lipinski definition) is 0. The molecule has 3 nitrogen and oxygen atoms in total. The van der Waals surface area contributed by atoms with Crippen molar-refractivity contribution < 1.29 is 18.7 Å². The summed E-state index contributed by atoms with van der Waals surface area (Å²) in [6.45, 7) is 1.81. The van der Waals surface area contributed by atoms with Gasteiger partial charge in [-0.25, -0.2) is 4.39 Å². The summed E-state index contributed by atoms with van der Waals surface area (Å²) in [4.78, 5) is 21.6. The number of ether oxygens (including phenoxy) is 1. The number of Topliss-reactive ketones (excluding diaryl/α,β-unsaturated/α-hetero) is 1. The molecule has 0 heterocycles. The molecule has 16 heavy (non-hydrogen) atoms. The first-order chi connectivity index (χ1) is 7.65. The highest BCUT2D eigenvalue weighted by molar-refractivity contribution is 5.80. The Kier molecular flexibility index (Phi) is 4.64. The van der Waals surface area contributed by atoms with Crippen molar-refractivity contribution in [2.24, 2.45) is 0 Å². The van der Waals surface area contributed by atoms with E-state index in [1.165, 1.54) is 6.07 Å². The second kappa shape index (κ2) is 6.00. The Labute approximate surface area is 93.2 Å². The van der Waals surface area contributed by atoms with Crippen LogP contribution in [0, 0.1) is 5.82 Å². The summed E-state index contributed by atoms with van der Waals surface area (Å²) in [6, 6.07) is 3.65. The Bertz CT molecular complexity index is 388.